The van der Waals surface area contributed by atoms with E-state index in [9.17, 15) is 22.4 Å². The minimum absolute atomic E-state index is 0.134. The monoisotopic (exact) mass is 492 g/mol. The molecule has 1 amide bonds. The van der Waals surface area contributed by atoms with Crippen LogP contribution in [0.5, 0.6) is 0 Å². The first-order valence-corrected chi connectivity index (χ1v) is 12.1. The topological polar surface area (TPSA) is 48.5 Å². The molecule has 9 heteroatoms. The molecule has 1 aromatic carbocycles. The van der Waals surface area contributed by atoms with E-state index in [0.717, 1.165) is 37.0 Å². The van der Waals surface area contributed by atoms with E-state index < -0.39 is 17.2 Å². The minimum Gasteiger partial charge on any atom is -0.353 e. The number of benzene rings is 1. The molecule has 1 aliphatic carbocycles. The van der Waals surface area contributed by atoms with E-state index in [-0.39, 0.29) is 29.5 Å². The Kier molecular flexibility index (Phi) is 7.35. The predicted molar refractivity (Wildman–Crippen MR) is 126 cm³/mol. The summed E-state index contributed by atoms with van der Waals surface area (Å²) >= 11 is 0. The van der Waals surface area contributed by atoms with E-state index in [2.05, 4.69) is 24.1 Å². The summed E-state index contributed by atoms with van der Waals surface area (Å²) in [5.74, 6) is 0.324. The van der Waals surface area contributed by atoms with Gasteiger partial charge in [0.2, 0.25) is 5.91 Å². The van der Waals surface area contributed by atoms with Gasteiger partial charge in [0.25, 0.3) is 0 Å². The third-order valence-electron chi connectivity index (χ3n) is 7.55. The van der Waals surface area contributed by atoms with Gasteiger partial charge in [-0.25, -0.2) is 9.37 Å². The van der Waals surface area contributed by atoms with Crippen LogP contribution in [0.15, 0.2) is 42.6 Å². The number of halogens is 4. The molecule has 2 unspecified atom stereocenters. The van der Waals surface area contributed by atoms with Crippen molar-refractivity contribution in [3.8, 4) is 0 Å². The summed E-state index contributed by atoms with van der Waals surface area (Å²) in [6.07, 6.45) is -0.816. The summed E-state index contributed by atoms with van der Waals surface area (Å²) in [5.41, 5.74) is -0.180. The van der Waals surface area contributed by atoms with Crippen LogP contribution in [-0.2, 0) is 17.5 Å². The van der Waals surface area contributed by atoms with Gasteiger partial charge in [0.1, 0.15) is 11.6 Å². The highest BCUT2D eigenvalue weighted by molar-refractivity contribution is 5.84. The second kappa shape index (κ2) is 10.1. The number of amides is 1. The minimum atomic E-state index is -4.41. The van der Waals surface area contributed by atoms with Crippen molar-refractivity contribution in [2.45, 2.75) is 51.9 Å². The Bertz CT molecular complexity index is 1020. The van der Waals surface area contributed by atoms with Crippen LogP contribution >= 0.6 is 0 Å². The molecule has 2 heterocycles. The van der Waals surface area contributed by atoms with Crippen LogP contribution < -0.4 is 10.2 Å². The van der Waals surface area contributed by atoms with Crippen molar-refractivity contribution in [1.82, 2.24) is 15.2 Å². The molecule has 0 spiro atoms. The lowest BCUT2D eigenvalue weighted by molar-refractivity contribution is -0.145. The van der Waals surface area contributed by atoms with E-state index in [1.54, 1.807) is 12.1 Å². The van der Waals surface area contributed by atoms with E-state index in [1.807, 2.05) is 9.80 Å². The number of hydrogen-bond acceptors (Lipinski definition) is 4. The second-order valence-electron chi connectivity index (χ2n) is 9.94. The number of carbonyl (C=O) groups excluding carboxylic acids is 1. The zero-order valence-electron chi connectivity index (χ0n) is 20.1. The van der Waals surface area contributed by atoms with Gasteiger partial charge in [-0.05, 0) is 55.0 Å². The molecule has 5 nitrogen and oxygen atoms in total. The Labute approximate surface area is 203 Å². The molecule has 2 atom stereocenters. The van der Waals surface area contributed by atoms with Crippen LogP contribution in [0.2, 0.25) is 0 Å². The zero-order chi connectivity index (χ0) is 25.2. The molecule has 1 saturated heterocycles. The Balaban J connectivity index is 1.36. The maximum absolute atomic E-state index is 13.7. The number of piperazine rings is 1. The van der Waals surface area contributed by atoms with Gasteiger partial charge in [-0.15, -0.1) is 0 Å². The normalized spacial score (nSPS) is 23.2. The van der Waals surface area contributed by atoms with Crippen LogP contribution in [0.1, 0.15) is 44.2 Å². The van der Waals surface area contributed by atoms with Crippen LogP contribution in [0, 0.1) is 17.2 Å². The van der Waals surface area contributed by atoms with Crippen molar-refractivity contribution in [3.63, 3.8) is 0 Å². The smallest absolute Gasteiger partial charge is 0.353 e. The third-order valence-corrected chi connectivity index (χ3v) is 7.55. The van der Waals surface area contributed by atoms with Crippen LogP contribution in [-0.4, -0.2) is 48.0 Å². The van der Waals surface area contributed by atoms with Gasteiger partial charge < -0.3 is 15.1 Å². The van der Waals surface area contributed by atoms with Gasteiger partial charge in [-0.2, -0.15) is 13.2 Å². The molecule has 1 aromatic heterocycles. The maximum Gasteiger partial charge on any atom is 0.416 e. The van der Waals surface area contributed by atoms with Gasteiger partial charge in [-0.1, -0.05) is 26.0 Å². The zero-order valence-corrected chi connectivity index (χ0v) is 20.1. The average molecular weight is 493 g/mol. The molecule has 0 bridgehead atoms. The molecule has 1 saturated carbocycles. The summed E-state index contributed by atoms with van der Waals surface area (Å²) < 4.78 is 52.4. The van der Waals surface area contributed by atoms with Crippen molar-refractivity contribution in [2.75, 3.05) is 31.1 Å². The molecule has 2 aliphatic rings. The first-order valence-electron chi connectivity index (χ1n) is 12.1. The standard InChI is InChI=1S/C26H32F4N4O/c1-18(2)25(9-7-22(16-25)32-17-19-3-5-21(27)6-4-19)24(35)34-13-11-33(12-14-34)23-15-20(8-10-31-23)26(28,29)30/h3-6,8,10,15,18,22,32H,7,9,11-14,16-17H2,1-2H3. The van der Waals surface area contributed by atoms with Crippen LogP contribution in [0.25, 0.3) is 0 Å². The van der Waals surface area contributed by atoms with E-state index in [4.69, 9.17) is 0 Å². The largest absolute Gasteiger partial charge is 0.416 e. The molecular weight excluding hydrogens is 460 g/mol. The quantitative estimate of drug-likeness (QED) is 0.585. The van der Waals surface area contributed by atoms with E-state index in [0.29, 0.717) is 32.7 Å². The Morgan fingerprint density at radius 2 is 1.83 bits per heavy atom. The molecule has 190 valence electrons. The van der Waals surface area contributed by atoms with Crippen molar-refractivity contribution in [2.24, 2.45) is 11.3 Å². The molecule has 35 heavy (non-hydrogen) atoms. The van der Waals surface area contributed by atoms with Crippen LogP contribution in [0.4, 0.5) is 23.4 Å². The molecule has 1 aliphatic heterocycles. The number of hydrogen-bond donors (Lipinski definition) is 1. The van der Waals surface area contributed by atoms with Crippen LogP contribution in [0.3, 0.4) is 0 Å². The highest BCUT2D eigenvalue weighted by Crippen LogP contribution is 2.46. The summed E-state index contributed by atoms with van der Waals surface area (Å²) in [4.78, 5) is 21.5. The first-order chi connectivity index (χ1) is 16.6. The number of rotatable bonds is 6. The fourth-order valence-corrected chi connectivity index (χ4v) is 5.30. The van der Waals surface area contributed by atoms with Gasteiger partial charge in [0.15, 0.2) is 0 Å². The lowest BCUT2D eigenvalue weighted by atomic mass is 9.74. The second-order valence-corrected chi connectivity index (χ2v) is 9.94. The molecule has 2 aromatic rings. The van der Waals surface area contributed by atoms with Crippen molar-refractivity contribution in [3.05, 3.63) is 59.5 Å². The number of carbonyl (C=O) groups is 1. The number of nitrogens with zero attached hydrogens (tertiary/aromatic N) is 3. The van der Waals surface area contributed by atoms with E-state index >= 15 is 0 Å². The Morgan fingerprint density at radius 3 is 2.46 bits per heavy atom. The third kappa shape index (κ3) is 5.60. The van der Waals surface area contributed by atoms with Gasteiger partial charge in [0, 0.05) is 45.0 Å². The van der Waals surface area contributed by atoms with Crippen molar-refractivity contribution >= 4 is 11.7 Å². The van der Waals surface area contributed by atoms with Gasteiger partial charge in [-0.3, -0.25) is 4.79 Å². The number of aromatic nitrogens is 1. The molecule has 2 fully saturated rings. The molecular formula is C26H32F4N4O. The summed E-state index contributed by atoms with van der Waals surface area (Å²) in [7, 11) is 0. The summed E-state index contributed by atoms with van der Waals surface area (Å²) in [6, 6.07) is 8.65. The highest BCUT2D eigenvalue weighted by atomic mass is 19.4. The Hall–Kier alpha value is -2.68. The SMILES string of the molecule is CC(C)C1(C(=O)N2CCN(c3cc(C(F)(F)F)ccn3)CC2)CCC(NCc2ccc(F)cc2)C1. The van der Waals surface area contributed by atoms with Gasteiger partial charge in [0.05, 0.1) is 11.0 Å². The lowest BCUT2D eigenvalue weighted by Crippen LogP contribution is -2.54. The lowest BCUT2D eigenvalue weighted by Gasteiger charge is -2.42. The highest BCUT2D eigenvalue weighted by Gasteiger charge is 2.49. The predicted octanol–water partition coefficient (Wildman–Crippen LogP) is 4.87. The van der Waals surface area contributed by atoms with E-state index in [1.165, 1.54) is 18.3 Å². The molecule has 1 N–H and O–H groups in total. The molecule has 4 rings (SSSR count). The maximum atomic E-state index is 13.7. The molecule has 0 radical (unpaired) electrons. The number of nitrogens with one attached hydrogen (secondary N) is 1. The number of pyridine rings is 1. The summed E-state index contributed by atoms with van der Waals surface area (Å²) in [5, 5.41) is 3.53. The fraction of sp³-hybridized carbons (Fsp3) is 0.538. The number of anilines is 1. The van der Waals surface area contributed by atoms with Gasteiger partial charge >= 0.3 is 6.18 Å². The first kappa shape index (κ1) is 25.4. The summed E-state index contributed by atoms with van der Waals surface area (Å²) in [6.45, 7) is 6.60. The Morgan fingerprint density at radius 1 is 1.14 bits per heavy atom. The average Bonchev–Trinajstić information content (AvgIpc) is 3.29. The van der Waals surface area contributed by atoms with Crippen molar-refractivity contribution < 1.29 is 22.4 Å². The number of alkyl halides is 3. The van der Waals surface area contributed by atoms with Crippen molar-refractivity contribution in [1.29, 1.82) is 0 Å². The fourth-order valence-electron chi connectivity index (χ4n) is 5.30.